The maximum atomic E-state index is 12.1. The number of nitrogens with one attached hydrogen (secondary N) is 2. The third kappa shape index (κ3) is 2.98. The Morgan fingerprint density at radius 3 is 2.67 bits per heavy atom. The minimum atomic E-state index is -3.49. The SMILES string of the molecule is CCOP1(=O)N=C(c2ccc(Br)cc2)NC(=O)N1. The minimum Gasteiger partial charge on any atom is -0.297 e. The second-order valence-electron chi connectivity index (χ2n) is 3.46. The first kappa shape index (κ1) is 13.3. The van der Waals surface area contributed by atoms with Gasteiger partial charge in [-0.05, 0) is 19.1 Å². The highest BCUT2D eigenvalue weighted by Crippen LogP contribution is 2.45. The lowest BCUT2D eigenvalue weighted by Gasteiger charge is -2.21. The summed E-state index contributed by atoms with van der Waals surface area (Å²) in [7, 11) is -3.49. The quantitative estimate of drug-likeness (QED) is 0.835. The van der Waals surface area contributed by atoms with Crippen LogP contribution in [0.4, 0.5) is 4.79 Å². The molecule has 1 aromatic rings. The Bertz CT molecular complexity index is 544. The van der Waals surface area contributed by atoms with Gasteiger partial charge in [0.15, 0.2) is 0 Å². The average molecular weight is 332 g/mol. The van der Waals surface area contributed by atoms with E-state index >= 15 is 0 Å². The van der Waals surface area contributed by atoms with Gasteiger partial charge in [0.2, 0.25) is 0 Å². The highest BCUT2D eigenvalue weighted by Gasteiger charge is 2.31. The summed E-state index contributed by atoms with van der Waals surface area (Å²) < 4.78 is 22.0. The van der Waals surface area contributed by atoms with Crippen LogP contribution in [0.25, 0.3) is 0 Å². The van der Waals surface area contributed by atoms with Gasteiger partial charge in [0, 0.05) is 10.0 Å². The fraction of sp³-hybridized carbons (Fsp3) is 0.200. The van der Waals surface area contributed by atoms with Crippen molar-refractivity contribution >= 4 is 35.5 Å². The first-order valence-electron chi connectivity index (χ1n) is 5.22. The lowest BCUT2D eigenvalue weighted by molar-refractivity contribution is 0.246. The Kier molecular flexibility index (Phi) is 3.85. The second-order valence-corrected chi connectivity index (χ2v) is 6.10. The van der Waals surface area contributed by atoms with Crippen molar-refractivity contribution in [1.29, 1.82) is 0 Å². The van der Waals surface area contributed by atoms with Gasteiger partial charge in [-0.1, -0.05) is 28.1 Å². The van der Waals surface area contributed by atoms with Crippen molar-refractivity contribution in [3.05, 3.63) is 34.3 Å². The predicted octanol–water partition coefficient (Wildman–Crippen LogP) is 2.65. The number of nitrogens with zero attached hydrogens (tertiary/aromatic N) is 1. The third-order valence-electron chi connectivity index (χ3n) is 2.13. The first-order chi connectivity index (χ1) is 8.52. The van der Waals surface area contributed by atoms with E-state index in [1.54, 1.807) is 31.2 Å². The molecule has 2 N–H and O–H groups in total. The van der Waals surface area contributed by atoms with Crippen molar-refractivity contribution < 1.29 is 13.9 Å². The summed E-state index contributed by atoms with van der Waals surface area (Å²) in [6.07, 6.45) is 0. The first-order valence-corrected chi connectivity index (χ1v) is 7.59. The van der Waals surface area contributed by atoms with Gasteiger partial charge in [0.25, 0.3) is 0 Å². The number of amidine groups is 1. The zero-order chi connectivity index (χ0) is 13.2. The fourth-order valence-electron chi connectivity index (χ4n) is 1.42. The summed E-state index contributed by atoms with van der Waals surface area (Å²) in [5.74, 6) is 0.239. The molecule has 1 aliphatic rings. The summed E-state index contributed by atoms with van der Waals surface area (Å²) in [6.45, 7) is 1.89. The number of hydrogen-bond acceptors (Lipinski definition) is 3. The smallest absolute Gasteiger partial charge is 0.297 e. The number of halogens is 1. The van der Waals surface area contributed by atoms with Crippen LogP contribution in [0.2, 0.25) is 0 Å². The fourth-order valence-corrected chi connectivity index (χ4v) is 2.95. The molecule has 0 saturated carbocycles. The molecular formula is C10H11BrN3O3P. The van der Waals surface area contributed by atoms with Crippen LogP contribution in [0.15, 0.2) is 33.5 Å². The van der Waals surface area contributed by atoms with E-state index in [9.17, 15) is 9.36 Å². The minimum absolute atomic E-state index is 0.203. The van der Waals surface area contributed by atoms with Crippen molar-refractivity contribution in [3.8, 4) is 0 Å². The molecular weight excluding hydrogens is 321 g/mol. The average Bonchev–Trinajstić information content (AvgIpc) is 2.28. The molecule has 1 aliphatic heterocycles. The van der Waals surface area contributed by atoms with E-state index in [2.05, 4.69) is 31.1 Å². The number of rotatable bonds is 3. The molecule has 6 nitrogen and oxygen atoms in total. The van der Waals surface area contributed by atoms with E-state index in [1.807, 2.05) is 0 Å². The molecule has 0 saturated heterocycles. The summed E-state index contributed by atoms with van der Waals surface area (Å²) in [4.78, 5) is 11.4. The van der Waals surface area contributed by atoms with Gasteiger partial charge in [-0.25, -0.2) is 14.4 Å². The molecule has 18 heavy (non-hydrogen) atoms. The van der Waals surface area contributed by atoms with E-state index in [0.29, 0.717) is 5.56 Å². The van der Waals surface area contributed by atoms with E-state index in [-0.39, 0.29) is 12.4 Å². The molecule has 96 valence electrons. The summed E-state index contributed by atoms with van der Waals surface area (Å²) in [5.41, 5.74) is 0.660. The lowest BCUT2D eigenvalue weighted by atomic mass is 10.2. The van der Waals surface area contributed by atoms with Crippen LogP contribution in [-0.2, 0) is 9.09 Å². The van der Waals surface area contributed by atoms with Gasteiger partial charge in [-0.15, -0.1) is 0 Å². The van der Waals surface area contributed by atoms with Crippen molar-refractivity contribution in [1.82, 2.24) is 10.4 Å². The highest BCUT2D eigenvalue weighted by molar-refractivity contribution is 9.10. The molecule has 0 fully saturated rings. The van der Waals surface area contributed by atoms with E-state index in [4.69, 9.17) is 4.52 Å². The van der Waals surface area contributed by atoms with Crippen LogP contribution in [0.3, 0.4) is 0 Å². The van der Waals surface area contributed by atoms with Crippen molar-refractivity contribution in [2.75, 3.05) is 6.61 Å². The van der Waals surface area contributed by atoms with Gasteiger partial charge in [-0.3, -0.25) is 9.84 Å². The van der Waals surface area contributed by atoms with Gasteiger partial charge < -0.3 is 0 Å². The van der Waals surface area contributed by atoms with E-state index in [0.717, 1.165) is 4.47 Å². The van der Waals surface area contributed by atoms with Crippen LogP contribution in [0.1, 0.15) is 12.5 Å². The topological polar surface area (TPSA) is 79.8 Å². The van der Waals surface area contributed by atoms with E-state index in [1.165, 1.54) is 0 Å². The van der Waals surface area contributed by atoms with Crippen LogP contribution in [-0.4, -0.2) is 18.5 Å². The maximum absolute atomic E-state index is 12.1. The number of carbonyl (C=O) groups is 1. The molecule has 0 spiro atoms. The summed E-state index contributed by atoms with van der Waals surface area (Å²) in [5, 5.41) is 4.69. The number of urea groups is 1. The molecule has 1 unspecified atom stereocenters. The van der Waals surface area contributed by atoms with Crippen LogP contribution < -0.4 is 10.4 Å². The molecule has 2 rings (SSSR count). The monoisotopic (exact) mass is 331 g/mol. The second kappa shape index (κ2) is 5.22. The third-order valence-corrected chi connectivity index (χ3v) is 4.21. The van der Waals surface area contributed by atoms with Crippen molar-refractivity contribution in [3.63, 3.8) is 0 Å². The van der Waals surface area contributed by atoms with Gasteiger partial charge >= 0.3 is 13.7 Å². The molecule has 8 heteroatoms. The van der Waals surface area contributed by atoms with Gasteiger partial charge in [0.05, 0.1) is 6.61 Å². The predicted molar refractivity (Wildman–Crippen MR) is 71.6 cm³/mol. The van der Waals surface area contributed by atoms with Crippen LogP contribution in [0, 0.1) is 0 Å². The van der Waals surface area contributed by atoms with Gasteiger partial charge in [-0.2, -0.15) is 4.76 Å². The molecule has 1 aromatic carbocycles. The number of hydrogen-bond donors (Lipinski definition) is 2. The summed E-state index contributed by atoms with van der Waals surface area (Å²) in [6, 6.07) is 6.53. The zero-order valence-electron chi connectivity index (χ0n) is 9.51. The Labute approximate surface area is 113 Å². The van der Waals surface area contributed by atoms with Crippen molar-refractivity contribution in [2.45, 2.75) is 6.92 Å². The molecule has 1 heterocycles. The Morgan fingerprint density at radius 2 is 2.06 bits per heavy atom. The van der Waals surface area contributed by atoms with Crippen molar-refractivity contribution in [2.24, 2.45) is 4.76 Å². The Balaban J connectivity index is 2.37. The largest absolute Gasteiger partial charge is 0.418 e. The Hall–Kier alpha value is -1.17. The molecule has 0 aromatic heterocycles. The molecule has 0 radical (unpaired) electrons. The van der Waals surface area contributed by atoms with Crippen LogP contribution in [0.5, 0.6) is 0 Å². The maximum Gasteiger partial charge on any atom is 0.418 e. The molecule has 1 atom stereocenters. The number of carbonyl (C=O) groups excluding carboxylic acids is 1. The van der Waals surface area contributed by atoms with Crippen LogP contribution >= 0.6 is 23.6 Å². The summed E-state index contributed by atoms with van der Waals surface area (Å²) >= 11 is 3.31. The molecule has 0 bridgehead atoms. The number of benzene rings is 1. The highest BCUT2D eigenvalue weighted by atomic mass is 79.9. The van der Waals surface area contributed by atoms with E-state index < -0.39 is 13.7 Å². The Morgan fingerprint density at radius 1 is 1.39 bits per heavy atom. The lowest BCUT2D eigenvalue weighted by Crippen LogP contribution is -2.42. The standard InChI is InChI=1S/C10H11BrN3O3P/c1-2-17-18(16)13-9(12-10(15)14-18)7-3-5-8(11)6-4-7/h3-6H,2H2,1H3,(H2,12,13,14,15,16). The number of amides is 2. The normalized spacial score (nSPS) is 23.0. The zero-order valence-corrected chi connectivity index (χ0v) is 12.0. The molecule has 0 aliphatic carbocycles. The van der Waals surface area contributed by atoms with Gasteiger partial charge in [0.1, 0.15) is 5.84 Å². The molecule has 2 amide bonds.